The fraction of sp³-hybridized carbons (Fsp3) is 0.154. The average Bonchev–Trinajstić information content (AvgIpc) is 2.73. The molecule has 0 saturated heterocycles. The van der Waals surface area contributed by atoms with Crippen molar-refractivity contribution in [1.82, 2.24) is 0 Å². The highest BCUT2D eigenvalue weighted by Gasteiger charge is 1.94. The molecule has 0 atom stereocenters. The molecule has 76 valence electrons. The third-order valence-corrected chi connectivity index (χ3v) is 3.18. The van der Waals surface area contributed by atoms with Gasteiger partial charge >= 0.3 is 0 Å². The molecule has 0 aliphatic rings. The molecule has 15 heavy (non-hydrogen) atoms. The smallest absolute Gasteiger partial charge is 0.0633 e. The predicted octanol–water partition coefficient (Wildman–Crippen LogP) is 4.12. The van der Waals surface area contributed by atoms with Gasteiger partial charge in [0.25, 0.3) is 0 Å². The molecule has 0 radical (unpaired) electrons. The van der Waals surface area contributed by atoms with E-state index >= 15 is 0 Å². The zero-order chi connectivity index (χ0) is 10.7. The quantitative estimate of drug-likeness (QED) is 0.668. The van der Waals surface area contributed by atoms with Gasteiger partial charge < -0.3 is 0 Å². The van der Waals surface area contributed by atoms with Gasteiger partial charge in [-0.2, -0.15) is 0 Å². The normalized spacial score (nSPS) is 11.1. The Labute approximate surface area is 94.1 Å². The number of hydrogen-bond donors (Lipinski definition) is 0. The van der Waals surface area contributed by atoms with E-state index in [0.717, 1.165) is 5.69 Å². The summed E-state index contributed by atoms with van der Waals surface area (Å²) in [5.41, 5.74) is 3.62. The van der Waals surface area contributed by atoms with Crippen LogP contribution in [0.4, 0.5) is 5.69 Å². The summed E-state index contributed by atoms with van der Waals surface area (Å²) in [6.45, 7) is 4.22. The van der Waals surface area contributed by atoms with Crippen molar-refractivity contribution in [3.05, 3.63) is 51.7 Å². The van der Waals surface area contributed by atoms with E-state index in [4.69, 9.17) is 0 Å². The molecule has 1 heterocycles. The number of thiophene rings is 1. The highest BCUT2D eigenvalue weighted by atomic mass is 32.1. The van der Waals surface area contributed by atoms with Crippen LogP contribution in [-0.2, 0) is 0 Å². The first kappa shape index (κ1) is 10.1. The molecule has 0 aliphatic heterocycles. The number of hydrogen-bond acceptors (Lipinski definition) is 2. The molecule has 0 aliphatic carbocycles. The summed E-state index contributed by atoms with van der Waals surface area (Å²) in [6.07, 6.45) is 1.91. The SMILES string of the molecule is Cc1ccc(N=Cc2cccs2)cc1C. The minimum atomic E-state index is 1.02. The topological polar surface area (TPSA) is 12.4 Å². The van der Waals surface area contributed by atoms with Crippen molar-refractivity contribution in [2.24, 2.45) is 4.99 Å². The Kier molecular flexibility index (Phi) is 2.97. The number of aryl methyl sites for hydroxylation is 2. The summed E-state index contributed by atoms with van der Waals surface area (Å²) >= 11 is 1.70. The Morgan fingerprint density at radius 3 is 2.67 bits per heavy atom. The molecule has 0 fully saturated rings. The molecule has 0 unspecified atom stereocenters. The van der Waals surface area contributed by atoms with E-state index in [0.29, 0.717) is 0 Å². The lowest BCUT2D eigenvalue weighted by molar-refractivity contribution is 1.33. The first-order valence-corrected chi connectivity index (χ1v) is 5.78. The van der Waals surface area contributed by atoms with E-state index in [9.17, 15) is 0 Å². The van der Waals surface area contributed by atoms with Crippen molar-refractivity contribution in [3.8, 4) is 0 Å². The van der Waals surface area contributed by atoms with Gasteiger partial charge in [-0.1, -0.05) is 12.1 Å². The van der Waals surface area contributed by atoms with Crippen LogP contribution in [0.5, 0.6) is 0 Å². The van der Waals surface area contributed by atoms with Gasteiger partial charge in [0, 0.05) is 11.1 Å². The van der Waals surface area contributed by atoms with Crippen molar-refractivity contribution in [3.63, 3.8) is 0 Å². The van der Waals surface area contributed by atoms with Gasteiger partial charge in [0.15, 0.2) is 0 Å². The Balaban J connectivity index is 2.21. The maximum absolute atomic E-state index is 4.44. The maximum atomic E-state index is 4.44. The molecule has 2 rings (SSSR count). The predicted molar refractivity (Wildman–Crippen MR) is 67.5 cm³/mol. The Bertz CT molecular complexity index is 469. The Morgan fingerprint density at radius 1 is 1.13 bits per heavy atom. The van der Waals surface area contributed by atoms with Crippen LogP contribution in [0.3, 0.4) is 0 Å². The standard InChI is InChI=1S/C13H13NS/c1-10-5-6-12(8-11(10)2)14-9-13-4-3-7-15-13/h3-9H,1-2H3. The van der Waals surface area contributed by atoms with Crippen LogP contribution in [-0.4, -0.2) is 6.21 Å². The van der Waals surface area contributed by atoms with Crippen LogP contribution in [0.1, 0.15) is 16.0 Å². The Morgan fingerprint density at radius 2 is 2.00 bits per heavy atom. The molecule has 1 nitrogen and oxygen atoms in total. The summed E-state index contributed by atoms with van der Waals surface area (Å²) in [6, 6.07) is 10.4. The minimum absolute atomic E-state index is 1.02. The van der Waals surface area contributed by atoms with E-state index in [1.165, 1.54) is 16.0 Å². The van der Waals surface area contributed by atoms with Crippen LogP contribution >= 0.6 is 11.3 Å². The highest BCUT2D eigenvalue weighted by Crippen LogP contribution is 2.17. The van der Waals surface area contributed by atoms with Crippen molar-refractivity contribution in [1.29, 1.82) is 0 Å². The molecule has 0 N–H and O–H groups in total. The lowest BCUT2D eigenvalue weighted by atomic mass is 10.1. The number of rotatable bonds is 2. The summed E-state index contributed by atoms with van der Waals surface area (Å²) in [5, 5.41) is 2.06. The van der Waals surface area contributed by atoms with Crippen molar-refractivity contribution in [2.75, 3.05) is 0 Å². The molecule has 1 aromatic heterocycles. The van der Waals surface area contributed by atoms with Gasteiger partial charge in [-0.3, -0.25) is 4.99 Å². The number of nitrogens with zero attached hydrogens (tertiary/aromatic N) is 1. The van der Waals surface area contributed by atoms with Gasteiger partial charge in [-0.05, 0) is 48.6 Å². The molecule has 2 heteroatoms. The summed E-state index contributed by atoms with van der Waals surface area (Å²) < 4.78 is 0. The minimum Gasteiger partial charge on any atom is -0.255 e. The monoisotopic (exact) mass is 215 g/mol. The molecule has 1 aromatic carbocycles. The Hall–Kier alpha value is -1.41. The first-order chi connectivity index (χ1) is 7.25. The van der Waals surface area contributed by atoms with E-state index in [1.807, 2.05) is 18.3 Å². The van der Waals surface area contributed by atoms with Crippen molar-refractivity contribution < 1.29 is 0 Å². The largest absolute Gasteiger partial charge is 0.255 e. The first-order valence-electron chi connectivity index (χ1n) is 4.90. The molecular weight excluding hydrogens is 202 g/mol. The summed E-state index contributed by atoms with van der Waals surface area (Å²) in [5.74, 6) is 0. The van der Waals surface area contributed by atoms with Gasteiger partial charge in [0.2, 0.25) is 0 Å². The second kappa shape index (κ2) is 4.41. The average molecular weight is 215 g/mol. The van der Waals surface area contributed by atoms with Gasteiger partial charge in [0.05, 0.1) is 5.69 Å². The zero-order valence-electron chi connectivity index (χ0n) is 8.90. The molecule has 0 saturated carbocycles. The van der Waals surface area contributed by atoms with Gasteiger partial charge in [0.1, 0.15) is 0 Å². The van der Waals surface area contributed by atoms with E-state index in [-0.39, 0.29) is 0 Å². The third kappa shape index (κ3) is 2.54. The molecule has 0 spiro atoms. The van der Waals surface area contributed by atoms with Crippen molar-refractivity contribution >= 4 is 23.2 Å². The second-order valence-corrected chi connectivity index (χ2v) is 4.52. The van der Waals surface area contributed by atoms with Crippen LogP contribution in [0.15, 0.2) is 40.7 Å². The lowest BCUT2D eigenvalue weighted by Gasteiger charge is -1.99. The highest BCUT2D eigenvalue weighted by molar-refractivity contribution is 7.11. The summed E-state index contributed by atoms with van der Waals surface area (Å²) in [4.78, 5) is 5.62. The van der Waals surface area contributed by atoms with Crippen molar-refractivity contribution in [2.45, 2.75) is 13.8 Å². The van der Waals surface area contributed by atoms with E-state index in [2.05, 4.69) is 42.4 Å². The summed E-state index contributed by atoms with van der Waals surface area (Å²) in [7, 11) is 0. The molecule has 2 aromatic rings. The lowest BCUT2D eigenvalue weighted by Crippen LogP contribution is -1.79. The molecule has 0 bridgehead atoms. The number of benzene rings is 1. The van der Waals surface area contributed by atoms with E-state index < -0.39 is 0 Å². The molecule has 0 amide bonds. The molecular formula is C13H13NS. The fourth-order valence-corrected chi connectivity index (χ4v) is 1.89. The van der Waals surface area contributed by atoms with Crippen LogP contribution in [0.2, 0.25) is 0 Å². The third-order valence-electron chi connectivity index (χ3n) is 2.37. The maximum Gasteiger partial charge on any atom is 0.0633 e. The van der Waals surface area contributed by atoms with Crippen LogP contribution < -0.4 is 0 Å². The number of aliphatic imine (C=N–C) groups is 1. The van der Waals surface area contributed by atoms with Crippen LogP contribution in [0, 0.1) is 13.8 Å². The van der Waals surface area contributed by atoms with Gasteiger partial charge in [-0.25, -0.2) is 0 Å². The van der Waals surface area contributed by atoms with Crippen LogP contribution in [0.25, 0.3) is 0 Å². The van der Waals surface area contributed by atoms with Gasteiger partial charge in [-0.15, -0.1) is 11.3 Å². The second-order valence-electron chi connectivity index (χ2n) is 3.54. The zero-order valence-corrected chi connectivity index (χ0v) is 9.71. The van der Waals surface area contributed by atoms with E-state index in [1.54, 1.807) is 11.3 Å². The fourth-order valence-electron chi connectivity index (χ4n) is 1.31.